The van der Waals surface area contributed by atoms with Gasteiger partial charge in [0.15, 0.2) is 0 Å². The number of nitrogens with one attached hydrogen (secondary N) is 1. The molecular weight excluding hydrogens is 463 g/mol. The van der Waals surface area contributed by atoms with Gasteiger partial charge in [-0.2, -0.15) is 0 Å². The van der Waals surface area contributed by atoms with Crippen LogP contribution in [0.25, 0.3) is 0 Å². The third-order valence-corrected chi connectivity index (χ3v) is 7.36. The van der Waals surface area contributed by atoms with Crippen molar-refractivity contribution >= 4 is 46.8 Å². The minimum Gasteiger partial charge on any atom is -0.352 e. The fourth-order valence-corrected chi connectivity index (χ4v) is 5.33. The zero-order chi connectivity index (χ0) is 22.9. The zero-order valence-electron chi connectivity index (χ0n) is 18.4. The van der Waals surface area contributed by atoms with Crippen molar-refractivity contribution in [2.45, 2.75) is 63.4 Å². The Bertz CT molecular complexity index is 918. The number of nitrogens with zero attached hydrogens (tertiary/aromatic N) is 1. The number of thioether (sulfide) groups is 1. The van der Waals surface area contributed by atoms with Crippen molar-refractivity contribution in [3.63, 3.8) is 0 Å². The van der Waals surface area contributed by atoms with E-state index in [4.69, 9.17) is 23.2 Å². The molecule has 1 aliphatic carbocycles. The molecule has 2 aromatic carbocycles. The third kappa shape index (κ3) is 7.16. The van der Waals surface area contributed by atoms with Gasteiger partial charge in [-0.25, -0.2) is 0 Å². The average Bonchev–Trinajstić information content (AvgIpc) is 3.28. The van der Waals surface area contributed by atoms with Crippen molar-refractivity contribution in [3.05, 3.63) is 69.7 Å². The van der Waals surface area contributed by atoms with E-state index in [0.717, 1.165) is 36.8 Å². The van der Waals surface area contributed by atoms with E-state index in [2.05, 4.69) is 5.32 Å². The van der Waals surface area contributed by atoms with Crippen LogP contribution in [0.4, 0.5) is 0 Å². The lowest BCUT2D eigenvalue weighted by Crippen LogP contribution is -2.51. The fraction of sp³-hybridized carbons (Fsp3) is 0.440. The van der Waals surface area contributed by atoms with Gasteiger partial charge in [-0.1, -0.05) is 73.3 Å². The van der Waals surface area contributed by atoms with Crippen LogP contribution < -0.4 is 5.32 Å². The first-order chi connectivity index (χ1) is 15.5. The molecule has 0 unspecified atom stereocenters. The van der Waals surface area contributed by atoms with Crippen LogP contribution in [0.5, 0.6) is 0 Å². The molecular formula is C25H30Cl2N2O2S. The molecule has 0 saturated heterocycles. The second-order valence-electron chi connectivity index (χ2n) is 8.15. The molecule has 3 rings (SSSR count). The molecule has 1 N–H and O–H groups in total. The lowest BCUT2D eigenvalue weighted by Gasteiger charge is -2.31. The smallest absolute Gasteiger partial charge is 0.243 e. The Morgan fingerprint density at radius 2 is 1.88 bits per heavy atom. The van der Waals surface area contributed by atoms with Gasteiger partial charge >= 0.3 is 0 Å². The maximum atomic E-state index is 13.3. The minimum absolute atomic E-state index is 0.0645. The highest BCUT2D eigenvalue weighted by Gasteiger charge is 2.30. The SMILES string of the molecule is CC[C@H](C(=O)NC1CCCC1)N(Cc1ccccc1Cl)C(=O)CSCc1cccc(Cl)c1. The number of halogens is 2. The van der Waals surface area contributed by atoms with Gasteiger partial charge in [0, 0.05) is 28.4 Å². The lowest BCUT2D eigenvalue weighted by atomic mass is 10.1. The molecule has 1 saturated carbocycles. The number of amides is 2. The highest BCUT2D eigenvalue weighted by atomic mass is 35.5. The largest absolute Gasteiger partial charge is 0.352 e. The second kappa shape index (κ2) is 12.5. The molecule has 1 atom stereocenters. The Hall–Kier alpha value is -1.69. The summed E-state index contributed by atoms with van der Waals surface area (Å²) >= 11 is 14.0. The number of hydrogen-bond acceptors (Lipinski definition) is 3. The van der Waals surface area contributed by atoms with Crippen LogP contribution >= 0.6 is 35.0 Å². The Morgan fingerprint density at radius 1 is 1.12 bits per heavy atom. The predicted molar refractivity (Wildman–Crippen MR) is 134 cm³/mol. The maximum absolute atomic E-state index is 13.3. The quantitative estimate of drug-likeness (QED) is 0.436. The number of rotatable bonds is 10. The van der Waals surface area contributed by atoms with Crippen LogP contribution in [0, 0.1) is 0 Å². The maximum Gasteiger partial charge on any atom is 0.243 e. The molecule has 0 spiro atoms. The van der Waals surface area contributed by atoms with E-state index >= 15 is 0 Å². The van der Waals surface area contributed by atoms with E-state index < -0.39 is 6.04 Å². The summed E-state index contributed by atoms with van der Waals surface area (Å²) in [6, 6.07) is 14.8. The zero-order valence-corrected chi connectivity index (χ0v) is 20.7. The molecule has 0 aliphatic heterocycles. The molecule has 0 bridgehead atoms. The van der Waals surface area contributed by atoms with Crippen LogP contribution in [0.1, 0.15) is 50.2 Å². The normalized spacial score (nSPS) is 14.8. The Kier molecular flexibility index (Phi) is 9.76. The average molecular weight is 494 g/mol. The molecule has 2 aromatic rings. The van der Waals surface area contributed by atoms with Gasteiger partial charge in [0.25, 0.3) is 0 Å². The third-order valence-electron chi connectivity index (χ3n) is 5.77. The molecule has 0 aromatic heterocycles. The van der Waals surface area contributed by atoms with Gasteiger partial charge in [0.05, 0.1) is 5.75 Å². The topological polar surface area (TPSA) is 49.4 Å². The van der Waals surface area contributed by atoms with Crippen molar-refractivity contribution in [3.8, 4) is 0 Å². The summed E-state index contributed by atoms with van der Waals surface area (Å²) in [6.45, 7) is 2.26. The van der Waals surface area contributed by atoms with Crippen LogP contribution in [0.15, 0.2) is 48.5 Å². The summed E-state index contributed by atoms with van der Waals surface area (Å²) in [7, 11) is 0. The minimum atomic E-state index is -0.522. The Labute approximate surface area is 205 Å². The molecule has 1 fully saturated rings. The Morgan fingerprint density at radius 3 is 2.56 bits per heavy atom. The predicted octanol–water partition coefficient (Wildman–Crippen LogP) is 6.09. The van der Waals surface area contributed by atoms with Crippen LogP contribution in [0.2, 0.25) is 10.0 Å². The second-order valence-corrected chi connectivity index (χ2v) is 9.98. The van der Waals surface area contributed by atoms with E-state index in [1.54, 1.807) is 4.90 Å². The van der Waals surface area contributed by atoms with Crippen LogP contribution in [0.3, 0.4) is 0 Å². The van der Waals surface area contributed by atoms with Crippen molar-refractivity contribution in [1.82, 2.24) is 10.2 Å². The van der Waals surface area contributed by atoms with E-state index in [0.29, 0.717) is 28.8 Å². The van der Waals surface area contributed by atoms with Gasteiger partial charge in [0.2, 0.25) is 11.8 Å². The molecule has 2 amide bonds. The van der Waals surface area contributed by atoms with Crippen molar-refractivity contribution in [2.24, 2.45) is 0 Å². The first-order valence-corrected chi connectivity index (χ1v) is 13.0. The van der Waals surface area contributed by atoms with E-state index in [1.807, 2.05) is 55.5 Å². The molecule has 4 nitrogen and oxygen atoms in total. The summed E-state index contributed by atoms with van der Waals surface area (Å²) in [5, 5.41) is 4.45. The van der Waals surface area contributed by atoms with Crippen LogP contribution in [-0.4, -0.2) is 34.6 Å². The van der Waals surface area contributed by atoms with Gasteiger partial charge in [-0.15, -0.1) is 11.8 Å². The number of hydrogen-bond donors (Lipinski definition) is 1. The van der Waals surface area contributed by atoms with E-state index in [9.17, 15) is 9.59 Å². The fourth-order valence-electron chi connectivity index (χ4n) is 4.06. The van der Waals surface area contributed by atoms with Crippen LogP contribution in [-0.2, 0) is 21.9 Å². The highest BCUT2D eigenvalue weighted by Crippen LogP contribution is 2.23. The standard InChI is InChI=1S/C25H30Cl2N2O2S/c1-2-23(25(31)28-21-11-4-5-12-21)29(15-19-9-3-6-13-22(19)27)24(30)17-32-16-18-8-7-10-20(26)14-18/h3,6-10,13-14,21,23H,2,4-5,11-12,15-17H2,1H3,(H,28,31)/t23-/m1/s1. The number of carbonyl (C=O) groups is 2. The Balaban J connectivity index is 1.71. The summed E-state index contributed by atoms with van der Waals surface area (Å²) in [5.74, 6) is 0.826. The van der Waals surface area contributed by atoms with Crippen molar-refractivity contribution in [2.75, 3.05) is 5.75 Å². The first-order valence-electron chi connectivity index (χ1n) is 11.1. The molecule has 0 heterocycles. The van der Waals surface area contributed by atoms with Crippen molar-refractivity contribution in [1.29, 1.82) is 0 Å². The monoisotopic (exact) mass is 492 g/mol. The number of benzene rings is 2. The molecule has 32 heavy (non-hydrogen) atoms. The highest BCUT2D eigenvalue weighted by molar-refractivity contribution is 7.99. The van der Waals surface area contributed by atoms with Crippen molar-refractivity contribution < 1.29 is 9.59 Å². The van der Waals surface area contributed by atoms with E-state index in [-0.39, 0.29) is 23.6 Å². The van der Waals surface area contributed by atoms with Gasteiger partial charge < -0.3 is 10.2 Å². The molecule has 172 valence electrons. The number of carbonyl (C=O) groups excluding carboxylic acids is 2. The summed E-state index contributed by atoms with van der Waals surface area (Å²) < 4.78 is 0. The first kappa shape index (κ1) is 24.9. The summed E-state index contributed by atoms with van der Waals surface area (Å²) in [4.78, 5) is 28.1. The van der Waals surface area contributed by atoms with Gasteiger partial charge in [0.1, 0.15) is 6.04 Å². The summed E-state index contributed by atoms with van der Waals surface area (Å²) in [5.41, 5.74) is 1.91. The molecule has 0 radical (unpaired) electrons. The molecule has 1 aliphatic rings. The van der Waals surface area contributed by atoms with Gasteiger partial charge in [-0.3, -0.25) is 9.59 Å². The van der Waals surface area contributed by atoms with E-state index in [1.165, 1.54) is 11.8 Å². The lowest BCUT2D eigenvalue weighted by molar-refractivity contribution is -0.139. The summed E-state index contributed by atoms with van der Waals surface area (Å²) in [6.07, 6.45) is 4.86. The van der Waals surface area contributed by atoms with Gasteiger partial charge in [-0.05, 0) is 48.6 Å². The molecule has 7 heteroatoms.